The van der Waals surface area contributed by atoms with Gasteiger partial charge in [0.15, 0.2) is 0 Å². The van der Waals surface area contributed by atoms with Crippen LogP contribution in [-0.2, 0) is 10.2 Å². The van der Waals surface area contributed by atoms with Crippen LogP contribution in [0, 0.1) is 0 Å². The van der Waals surface area contributed by atoms with Gasteiger partial charge in [0.25, 0.3) is 0 Å². The first-order chi connectivity index (χ1) is 9.10. The summed E-state index contributed by atoms with van der Waals surface area (Å²) in [6.07, 6.45) is 0.140. The predicted octanol–water partition coefficient (Wildman–Crippen LogP) is 2.80. The Morgan fingerprint density at radius 2 is 1.26 bits per heavy atom. The highest BCUT2D eigenvalue weighted by Crippen LogP contribution is 2.42. The van der Waals surface area contributed by atoms with Crippen LogP contribution in [0.4, 0.5) is 0 Å². The molecule has 0 spiro atoms. The van der Waals surface area contributed by atoms with Gasteiger partial charge in [-0.2, -0.15) is 0 Å². The molecule has 1 saturated heterocycles. The number of rotatable bonds is 3. The Bertz CT molecular complexity index is 522. The predicted molar refractivity (Wildman–Crippen MR) is 72.4 cm³/mol. The fourth-order valence-corrected chi connectivity index (χ4v) is 2.54. The van der Waals surface area contributed by atoms with Crippen molar-refractivity contribution in [2.24, 2.45) is 0 Å². The first-order valence-corrected chi connectivity index (χ1v) is 6.31. The van der Waals surface area contributed by atoms with Gasteiger partial charge in [-0.3, -0.25) is 0 Å². The molecule has 1 fully saturated rings. The van der Waals surface area contributed by atoms with Crippen LogP contribution in [0.2, 0.25) is 0 Å². The maximum Gasteiger partial charge on any atom is 0.115 e. The molecule has 0 aliphatic carbocycles. The molecule has 0 amide bonds. The Morgan fingerprint density at radius 1 is 0.895 bits per heavy atom. The van der Waals surface area contributed by atoms with E-state index in [0.29, 0.717) is 0 Å². The highest BCUT2D eigenvalue weighted by atomic mass is 16.6. The normalized spacial score (nSPS) is 18.3. The molecule has 1 unspecified atom stereocenters. The van der Waals surface area contributed by atoms with Gasteiger partial charge in [0.05, 0.1) is 12.7 Å². The van der Waals surface area contributed by atoms with Crippen molar-refractivity contribution >= 4 is 0 Å². The fraction of sp³-hybridized carbons (Fsp3) is 0.250. The van der Waals surface area contributed by atoms with Crippen LogP contribution in [0.1, 0.15) is 18.1 Å². The van der Waals surface area contributed by atoms with Gasteiger partial charge in [0.2, 0.25) is 0 Å². The molecule has 0 saturated carbocycles. The largest absolute Gasteiger partial charge is 0.508 e. The van der Waals surface area contributed by atoms with Gasteiger partial charge in [-0.1, -0.05) is 24.3 Å². The van der Waals surface area contributed by atoms with Crippen molar-refractivity contribution in [3.8, 4) is 11.5 Å². The second-order valence-electron chi connectivity index (χ2n) is 5.12. The van der Waals surface area contributed by atoms with Gasteiger partial charge >= 0.3 is 0 Å². The lowest BCUT2D eigenvalue weighted by Crippen LogP contribution is -2.30. The van der Waals surface area contributed by atoms with E-state index in [4.69, 9.17) is 4.74 Å². The van der Waals surface area contributed by atoms with E-state index in [1.165, 1.54) is 0 Å². The third-order valence-corrected chi connectivity index (χ3v) is 3.91. The van der Waals surface area contributed by atoms with Crippen molar-refractivity contribution in [1.29, 1.82) is 0 Å². The van der Waals surface area contributed by atoms with Crippen LogP contribution in [0.25, 0.3) is 0 Å². The van der Waals surface area contributed by atoms with Gasteiger partial charge in [-0.25, -0.2) is 0 Å². The molecule has 1 aliphatic heterocycles. The third kappa shape index (κ3) is 2.06. The van der Waals surface area contributed by atoms with Crippen LogP contribution < -0.4 is 0 Å². The Kier molecular flexibility index (Phi) is 2.72. The number of hydrogen-bond acceptors (Lipinski definition) is 3. The van der Waals surface area contributed by atoms with E-state index in [0.717, 1.165) is 17.7 Å². The molecule has 2 aromatic carbocycles. The van der Waals surface area contributed by atoms with Crippen molar-refractivity contribution in [2.75, 3.05) is 6.61 Å². The first-order valence-electron chi connectivity index (χ1n) is 6.31. The van der Waals surface area contributed by atoms with E-state index in [2.05, 4.69) is 6.92 Å². The number of benzene rings is 2. The van der Waals surface area contributed by atoms with E-state index < -0.39 is 0 Å². The summed E-state index contributed by atoms with van der Waals surface area (Å²) in [6.45, 7) is 2.86. The summed E-state index contributed by atoms with van der Waals surface area (Å²) in [5.41, 5.74) is 1.93. The van der Waals surface area contributed by atoms with Crippen LogP contribution in [0.3, 0.4) is 0 Å². The van der Waals surface area contributed by atoms with Crippen molar-refractivity contribution in [1.82, 2.24) is 0 Å². The maximum absolute atomic E-state index is 9.42. The molecule has 2 N–H and O–H groups in total. The monoisotopic (exact) mass is 256 g/mol. The summed E-state index contributed by atoms with van der Waals surface area (Å²) in [5.74, 6) is 0.516. The Morgan fingerprint density at radius 3 is 1.58 bits per heavy atom. The lowest BCUT2D eigenvalue weighted by Gasteiger charge is -2.29. The molecular weight excluding hydrogens is 240 g/mol. The van der Waals surface area contributed by atoms with Gasteiger partial charge < -0.3 is 14.9 Å². The molecule has 98 valence electrons. The molecule has 1 atom stereocenters. The summed E-state index contributed by atoms with van der Waals surface area (Å²) in [4.78, 5) is 0. The van der Waals surface area contributed by atoms with Crippen molar-refractivity contribution < 1.29 is 14.9 Å². The summed E-state index contributed by atoms with van der Waals surface area (Å²) in [5, 5.41) is 18.8. The molecule has 0 bridgehead atoms. The van der Waals surface area contributed by atoms with Crippen molar-refractivity contribution in [2.45, 2.75) is 18.4 Å². The lowest BCUT2D eigenvalue weighted by molar-refractivity contribution is 0.334. The van der Waals surface area contributed by atoms with E-state index in [1.807, 2.05) is 24.3 Å². The fourth-order valence-electron chi connectivity index (χ4n) is 2.54. The minimum absolute atomic E-state index is 0.140. The topological polar surface area (TPSA) is 53.0 Å². The number of epoxide rings is 1. The van der Waals surface area contributed by atoms with E-state index in [1.54, 1.807) is 24.3 Å². The Hall–Kier alpha value is -2.00. The second kappa shape index (κ2) is 4.28. The number of ether oxygens (including phenoxy) is 1. The molecule has 1 aliphatic rings. The number of hydrogen-bond donors (Lipinski definition) is 2. The number of phenols is 2. The molecule has 19 heavy (non-hydrogen) atoms. The molecule has 3 rings (SSSR count). The zero-order chi connectivity index (χ0) is 13.5. The van der Waals surface area contributed by atoms with Gasteiger partial charge in [-0.15, -0.1) is 0 Å². The molecule has 0 aromatic heterocycles. The molecule has 0 radical (unpaired) electrons. The van der Waals surface area contributed by atoms with E-state index in [9.17, 15) is 10.2 Å². The van der Waals surface area contributed by atoms with Crippen LogP contribution in [-0.4, -0.2) is 22.9 Å². The zero-order valence-electron chi connectivity index (χ0n) is 10.7. The quantitative estimate of drug-likeness (QED) is 0.830. The first kappa shape index (κ1) is 12.1. The number of phenolic OH excluding ortho intramolecular Hbond substituents is 2. The average molecular weight is 256 g/mol. The second-order valence-corrected chi connectivity index (χ2v) is 5.12. The summed E-state index contributed by atoms with van der Waals surface area (Å²) in [7, 11) is 0. The third-order valence-electron chi connectivity index (χ3n) is 3.91. The molecular formula is C16H16O3. The lowest BCUT2D eigenvalue weighted by atomic mass is 9.74. The minimum atomic E-state index is -0.262. The van der Waals surface area contributed by atoms with Gasteiger partial charge in [-0.05, 0) is 42.3 Å². The highest BCUT2D eigenvalue weighted by molar-refractivity contribution is 5.44. The van der Waals surface area contributed by atoms with Crippen molar-refractivity contribution in [3.05, 3.63) is 59.7 Å². The standard InChI is InChI=1S/C16H16O3/c1-16(15-10-19-15,11-2-6-13(17)7-3-11)12-4-8-14(18)9-5-12/h2-9,15,17-18H,10H2,1H3. The smallest absolute Gasteiger partial charge is 0.115 e. The van der Waals surface area contributed by atoms with E-state index in [-0.39, 0.29) is 23.0 Å². The number of aromatic hydroxyl groups is 2. The van der Waals surface area contributed by atoms with Crippen molar-refractivity contribution in [3.63, 3.8) is 0 Å². The summed E-state index contributed by atoms with van der Waals surface area (Å²) in [6, 6.07) is 14.4. The van der Waals surface area contributed by atoms with Crippen LogP contribution in [0.15, 0.2) is 48.5 Å². The SMILES string of the molecule is CC(c1ccc(O)cc1)(c1ccc(O)cc1)C1CO1. The van der Waals surface area contributed by atoms with Gasteiger partial charge in [0.1, 0.15) is 11.5 Å². The molecule has 3 nitrogen and oxygen atoms in total. The summed E-state index contributed by atoms with van der Waals surface area (Å²) >= 11 is 0. The molecule has 1 heterocycles. The minimum Gasteiger partial charge on any atom is -0.508 e. The Balaban J connectivity index is 2.08. The summed E-state index contributed by atoms with van der Waals surface area (Å²) < 4.78 is 5.52. The van der Waals surface area contributed by atoms with Crippen LogP contribution in [0.5, 0.6) is 11.5 Å². The van der Waals surface area contributed by atoms with Crippen LogP contribution >= 0.6 is 0 Å². The zero-order valence-corrected chi connectivity index (χ0v) is 10.7. The molecule has 2 aromatic rings. The Labute approximate surface area is 112 Å². The molecule has 3 heteroatoms. The van der Waals surface area contributed by atoms with Gasteiger partial charge in [0, 0.05) is 5.41 Å². The van der Waals surface area contributed by atoms with E-state index >= 15 is 0 Å². The average Bonchev–Trinajstić information content (AvgIpc) is 3.24. The highest BCUT2D eigenvalue weighted by Gasteiger charge is 2.45. The maximum atomic E-state index is 9.42.